The van der Waals surface area contributed by atoms with Crippen LogP contribution in [0.3, 0.4) is 0 Å². The maximum absolute atomic E-state index is 14.4. The number of ether oxygens (including phenoxy) is 1. The first-order chi connectivity index (χ1) is 20.4. The monoisotopic (exact) mass is 573 g/mol. The number of rotatable bonds is 11. The number of fused-ring (bicyclic) bond motifs is 1. The summed E-state index contributed by atoms with van der Waals surface area (Å²) in [6.07, 6.45) is 4.89. The van der Waals surface area contributed by atoms with Gasteiger partial charge in [0.05, 0.1) is 29.1 Å². The van der Waals surface area contributed by atoms with Crippen LogP contribution in [0, 0.1) is 11.6 Å². The van der Waals surface area contributed by atoms with Gasteiger partial charge in [0.2, 0.25) is 5.91 Å². The molecule has 0 spiro atoms. The number of hydrogen-bond donors (Lipinski definition) is 2. The summed E-state index contributed by atoms with van der Waals surface area (Å²) in [5.74, 6) is -0.884. The topological polar surface area (TPSA) is 95.5 Å². The molecule has 0 aliphatic carbocycles. The minimum atomic E-state index is -0.707. The van der Waals surface area contributed by atoms with E-state index in [-0.39, 0.29) is 17.2 Å². The van der Waals surface area contributed by atoms with Crippen molar-refractivity contribution in [1.82, 2.24) is 24.8 Å². The largest absolute Gasteiger partial charge is 0.491 e. The molecule has 0 atom stereocenters. The van der Waals surface area contributed by atoms with Crippen LogP contribution in [-0.2, 0) is 4.79 Å². The van der Waals surface area contributed by atoms with Gasteiger partial charge in [0, 0.05) is 56.1 Å². The van der Waals surface area contributed by atoms with Gasteiger partial charge in [-0.1, -0.05) is 19.6 Å². The molecule has 1 saturated heterocycles. The number of anilines is 3. The number of aromatic nitrogens is 3. The molecule has 0 radical (unpaired) electrons. The first kappa shape index (κ1) is 29.0. The number of benzene rings is 2. The van der Waals surface area contributed by atoms with Crippen molar-refractivity contribution in [2.45, 2.75) is 13.3 Å². The first-order valence-electron chi connectivity index (χ1n) is 13.9. The second-order valence-corrected chi connectivity index (χ2v) is 9.91. The molecule has 0 saturated carbocycles. The van der Waals surface area contributed by atoms with E-state index in [1.165, 1.54) is 42.9 Å². The molecule has 2 N–H and O–H groups in total. The number of carbonyl (C=O) groups is 1. The summed E-state index contributed by atoms with van der Waals surface area (Å²) in [4.78, 5) is 30.1. The summed E-state index contributed by atoms with van der Waals surface area (Å²) in [6.45, 7) is 12.5. The highest BCUT2D eigenvalue weighted by molar-refractivity contribution is 6.03. The van der Waals surface area contributed by atoms with Crippen LogP contribution in [0.5, 0.6) is 5.75 Å². The number of amides is 1. The number of nitrogens with zero attached hydrogens (tertiary/aromatic N) is 5. The summed E-state index contributed by atoms with van der Waals surface area (Å²) in [5, 5.41) is 6.61. The molecular formula is C31H33F2N7O2. The predicted octanol–water partition coefficient (Wildman–Crippen LogP) is 5.24. The smallest absolute Gasteiger partial charge is 0.247 e. The molecule has 4 aromatic rings. The molecule has 5 rings (SSSR count). The lowest BCUT2D eigenvalue weighted by atomic mass is 10.1. The van der Waals surface area contributed by atoms with Gasteiger partial charge < -0.3 is 25.2 Å². The molecule has 2 aromatic heterocycles. The average molecular weight is 574 g/mol. The maximum Gasteiger partial charge on any atom is 0.247 e. The molecule has 9 nitrogen and oxygen atoms in total. The maximum atomic E-state index is 14.4. The van der Waals surface area contributed by atoms with Crippen molar-refractivity contribution in [3.63, 3.8) is 0 Å². The minimum absolute atomic E-state index is 0.135. The van der Waals surface area contributed by atoms with Gasteiger partial charge >= 0.3 is 0 Å². The molecule has 11 heteroatoms. The Balaban J connectivity index is 1.36. The Labute approximate surface area is 243 Å². The Bertz CT molecular complexity index is 1550. The summed E-state index contributed by atoms with van der Waals surface area (Å²) in [7, 11) is 0. The number of pyridine rings is 1. The zero-order chi connectivity index (χ0) is 29.5. The molecule has 218 valence electrons. The van der Waals surface area contributed by atoms with Crippen molar-refractivity contribution >= 4 is 34.0 Å². The van der Waals surface area contributed by atoms with Crippen LogP contribution in [0.2, 0.25) is 0 Å². The summed E-state index contributed by atoms with van der Waals surface area (Å²) >= 11 is 0. The molecule has 1 amide bonds. The van der Waals surface area contributed by atoms with Gasteiger partial charge in [-0.25, -0.2) is 18.7 Å². The second kappa shape index (κ2) is 13.5. The summed E-state index contributed by atoms with van der Waals surface area (Å²) < 4.78 is 34.9. The van der Waals surface area contributed by atoms with Crippen LogP contribution in [0.15, 0.2) is 67.6 Å². The first-order valence-corrected chi connectivity index (χ1v) is 13.9. The number of halogens is 2. The average Bonchev–Trinajstić information content (AvgIpc) is 3.00. The van der Waals surface area contributed by atoms with Crippen LogP contribution in [0.4, 0.5) is 26.0 Å². The lowest BCUT2D eigenvalue weighted by Gasteiger charge is -2.33. The number of nitrogens with one attached hydrogen (secondary N) is 2. The third-order valence-electron chi connectivity index (χ3n) is 7.21. The number of piperazine rings is 1. The lowest BCUT2D eigenvalue weighted by molar-refractivity contribution is -0.111. The van der Waals surface area contributed by atoms with Gasteiger partial charge in [0.25, 0.3) is 0 Å². The Hall–Kier alpha value is -4.48. The van der Waals surface area contributed by atoms with Crippen LogP contribution >= 0.6 is 0 Å². The van der Waals surface area contributed by atoms with E-state index in [1.807, 2.05) is 0 Å². The fourth-order valence-electron chi connectivity index (χ4n) is 4.91. The van der Waals surface area contributed by atoms with Crippen molar-refractivity contribution < 1.29 is 18.3 Å². The third-order valence-corrected chi connectivity index (χ3v) is 7.21. The van der Waals surface area contributed by atoms with Crippen molar-refractivity contribution in [1.29, 1.82) is 0 Å². The van der Waals surface area contributed by atoms with Gasteiger partial charge in [-0.3, -0.25) is 9.78 Å². The molecule has 3 heterocycles. The van der Waals surface area contributed by atoms with E-state index < -0.39 is 11.6 Å². The fraction of sp³-hybridized carbons (Fsp3) is 0.290. The van der Waals surface area contributed by atoms with E-state index in [2.05, 4.69) is 48.9 Å². The summed E-state index contributed by atoms with van der Waals surface area (Å²) in [5.41, 5.74) is 1.47. The van der Waals surface area contributed by atoms with E-state index in [4.69, 9.17) is 4.74 Å². The second-order valence-electron chi connectivity index (χ2n) is 9.91. The van der Waals surface area contributed by atoms with Crippen molar-refractivity contribution in [2.24, 2.45) is 0 Å². The molecule has 1 aliphatic rings. The van der Waals surface area contributed by atoms with Gasteiger partial charge in [0.15, 0.2) is 0 Å². The van der Waals surface area contributed by atoms with E-state index >= 15 is 0 Å². The SMILES string of the molecule is C=CC(=O)Nc1cc2c(Nc3ccnc(-c4c(F)cccc4F)c3)ncnc2cc1OCCCN1CCN(CC)CC1. The lowest BCUT2D eigenvalue weighted by Crippen LogP contribution is -2.46. The fourth-order valence-corrected chi connectivity index (χ4v) is 4.91. The predicted molar refractivity (Wildman–Crippen MR) is 160 cm³/mol. The van der Waals surface area contributed by atoms with E-state index in [0.717, 1.165) is 45.7 Å². The van der Waals surface area contributed by atoms with Crippen LogP contribution in [0.1, 0.15) is 13.3 Å². The normalized spacial score (nSPS) is 14.1. The number of likely N-dealkylation sites (N-methyl/N-ethyl adjacent to an activating group) is 1. The van der Waals surface area contributed by atoms with Crippen LogP contribution in [0.25, 0.3) is 22.2 Å². The van der Waals surface area contributed by atoms with E-state index in [1.54, 1.807) is 18.2 Å². The highest BCUT2D eigenvalue weighted by Crippen LogP contribution is 2.34. The number of hydrogen-bond acceptors (Lipinski definition) is 8. The van der Waals surface area contributed by atoms with Crippen molar-refractivity contribution in [2.75, 3.05) is 56.5 Å². The van der Waals surface area contributed by atoms with Gasteiger partial charge in [0.1, 0.15) is 29.5 Å². The molecular weight excluding hydrogens is 540 g/mol. The summed E-state index contributed by atoms with van der Waals surface area (Å²) in [6, 6.07) is 10.4. The zero-order valence-electron chi connectivity index (χ0n) is 23.4. The number of carbonyl (C=O) groups excluding carboxylic acids is 1. The van der Waals surface area contributed by atoms with E-state index in [0.29, 0.717) is 40.5 Å². The van der Waals surface area contributed by atoms with Gasteiger partial charge in [-0.2, -0.15) is 0 Å². The highest BCUT2D eigenvalue weighted by atomic mass is 19.1. The quantitative estimate of drug-likeness (QED) is 0.186. The minimum Gasteiger partial charge on any atom is -0.491 e. The van der Waals surface area contributed by atoms with Crippen molar-refractivity contribution in [3.05, 3.63) is 79.3 Å². The Kier molecular flexibility index (Phi) is 9.30. The molecule has 0 unspecified atom stereocenters. The van der Waals surface area contributed by atoms with E-state index in [9.17, 15) is 13.6 Å². The Morgan fingerprint density at radius 2 is 1.81 bits per heavy atom. The van der Waals surface area contributed by atoms with Crippen molar-refractivity contribution in [3.8, 4) is 17.0 Å². The third kappa shape index (κ3) is 6.87. The molecule has 0 bridgehead atoms. The van der Waals surface area contributed by atoms with Gasteiger partial charge in [-0.15, -0.1) is 0 Å². The zero-order valence-corrected chi connectivity index (χ0v) is 23.4. The standard InChI is InChI=1S/C31H33F2N7O2/c1-3-29(41)38-26-18-22-25(19-28(26)42-16-6-11-40-14-12-39(4-2)13-15-40)35-20-36-31(22)37-21-9-10-34-27(17-21)30-23(32)7-5-8-24(30)33/h3,5,7-10,17-20H,1,4,6,11-16H2,2H3,(H,38,41)(H,34,35,36,37). The Morgan fingerprint density at radius 1 is 1.05 bits per heavy atom. The molecule has 2 aromatic carbocycles. The Morgan fingerprint density at radius 3 is 2.55 bits per heavy atom. The highest BCUT2D eigenvalue weighted by Gasteiger charge is 2.17. The van der Waals surface area contributed by atoms with Gasteiger partial charge in [-0.05, 0) is 49.4 Å². The molecule has 42 heavy (non-hydrogen) atoms. The molecule has 1 aliphatic heterocycles. The molecule has 1 fully saturated rings. The van der Waals surface area contributed by atoms with Crippen LogP contribution < -0.4 is 15.4 Å². The van der Waals surface area contributed by atoms with Crippen LogP contribution in [-0.4, -0.2) is 76.5 Å².